The fourth-order valence-corrected chi connectivity index (χ4v) is 4.36. The number of benzene rings is 2. The lowest BCUT2D eigenvalue weighted by molar-refractivity contribution is -0.129. The zero-order valence-corrected chi connectivity index (χ0v) is 17.6. The van der Waals surface area contributed by atoms with Gasteiger partial charge in [0.05, 0.1) is 12.5 Å². The van der Waals surface area contributed by atoms with Crippen molar-refractivity contribution in [3.05, 3.63) is 65.2 Å². The van der Waals surface area contributed by atoms with E-state index in [9.17, 15) is 4.79 Å². The van der Waals surface area contributed by atoms with E-state index >= 15 is 0 Å². The second-order valence-electron chi connectivity index (χ2n) is 7.50. The third-order valence-corrected chi connectivity index (χ3v) is 5.96. The number of nitrogens with zero attached hydrogens (tertiary/aromatic N) is 4. The van der Waals surface area contributed by atoms with Gasteiger partial charge in [-0.3, -0.25) is 14.7 Å². The van der Waals surface area contributed by atoms with Crippen LogP contribution in [0, 0.1) is 0 Å². The average Bonchev–Trinajstić information content (AvgIpc) is 3.25. The van der Waals surface area contributed by atoms with Crippen LogP contribution in [0.15, 0.2) is 59.6 Å². The fourth-order valence-electron chi connectivity index (χ4n) is 4.18. The Balaban J connectivity index is 1.43. The molecule has 1 atom stereocenters. The maximum atomic E-state index is 13.3. The predicted octanol–water partition coefficient (Wildman–Crippen LogP) is 3.85. The van der Waals surface area contributed by atoms with Crippen molar-refractivity contribution in [3.63, 3.8) is 0 Å². The van der Waals surface area contributed by atoms with Gasteiger partial charge in [-0.1, -0.05) is 54.9 Å². The summed E-state index contributed by atoms with van der Waals surface area (Å²) in [7, 11) is 0. The highest BCUT2D eigenvalue weighted by Gasteiger charge is 2.33. The van der Waals surface area contributed by atoms with Crippen LogP contribution in [0.25, 0.3) is 0 Å². The average molecular weight is 411 g/mol. The van der Waals surface area contributed by atoms with Gasteiger partial charge in [0, 0.05) is 43.4 Å². The Kier molecular flexibility index (Phi) is 6.05. The largest absolute Gasteiger partial charge is 0.368 e. The van der Waals surface area contributed by atoms with Gasteiger partial charge < -0.3 is 9.80 Å². The number of guanidine groups is 1. The summed E-state index contributed by atoms with van der Waals surface area (Å²) in [5, 5.41) is 0.758. The molecule has 0 spiro atoms. The summed E-state index contributed by atoms with van der Waals surface area (Å²) in [6, 6.07) is 18.1. The minimum absolute atomic E-state index is 0.118. The van der Waals surface area contributed by atoms with Crippen LogP contribution in [0.1, 0.15) is 24.8 Å². The standard InChI is InChI=1S/C23H27ClN4O/c1-2-21(18-7-4-3-5-8-18)22(29)28-12-11-25-23(28)27-15-13-26(14-16-27)20-10-6-9-19(24)17-20/h3-10,17,21H,2,11-16H2,1H3. The van der Waals surface area contributed by atoms with E-state index in [-0.39, 0.29) is 11.8 Å². The zero-order chi connectivity index (χ0) is 20.2. The molecule has 6 heteroatoms. The molecule has 1 fully saturated rings. The van der Waals surface area contributed by atoms with Crippen LogP contribution in [0.2, 0.25) is 5.02 Å². The van der Waals surface area contributed by atoms with Gasteiger partial charge in [0.1, 0.15) is 0 Å². The van der Waals surface area contributed by atoms with E-state index in [4.69, 9.17) is 16.6 Å². The van der Waals surface area contributed by atoms with Gasteiger partial charge in [-0.25, -0.2) is 0 Å². The smallest absolute Gasteiger partial charge is 0.236 e. The van der Waals surface area contributed by atoms with E-state index < -0.39 is 0 Å². The number of carbonyl (C=O) groups excluding carboxylic acids is 1. The Hall–Kier alpha value is -2.53. The number of amides is 1. The summed E-state index contributed by atoms with van der Waals surface area (Å²) in [5.41, 5.74) is 2.23. The second kappa shape index (κ2) is 8.87. The van der Waals surface area contributed by atoms with Crippen molar-refractivity contribution in [1.82, 2.24) is 9.80 Å². The molecule has 0 aromatic heterocycles. The summed E-state index contributed by atoms with van der Waals surface area (Å²) in [5.74, 6) is 0.884. The van der Waals surface area contributed by atoms with Gasteiger partial charge in [0.15, 0.2) is 0 Å². The molecule has 152 valence electrons. The monoisotopic (exact) mass is 410 g/mol. The van der Waals surface area contributed by atoms with Gasteiger partial charge in [-0.05, 0) is 30.2 Å². The minimum Gasteiger partial charge on any atom is -0.368 e. The van der Waals surface area contributed by atoms with Crippen molar-refractivity contribution >= 4 is 29.2 Å². The minimum atomic E-state index is -0.118. The normalized spacial score (nSPS) is 18.0. The van der Waals surface area contributed by atoms with E-state index in [0.717, 1.165) is 54.8 Å². The van der Waals surface area contributed by atoms with Crippen LogP contribution in [0.4, 0.5) is 5.69 Å². The van der Waals surface area contributed by atoms with Crippen LogP contribution < -0.4 is 4.90 Å². The molecular weight excluding hydrogens is 384 g/mol. The lowest BCUT2D eigenvalue weighted by Gasteiger charge is -2.39. The van der Waals surface area contributed by atoms with Gasteiger partial charge in [-0.2, -0.15) is 0 Å². The predicted molar refractivity (Wildman–Crippen MR) is 119 cm³/mol. The Morgan fingerprint density at radius 3 is 2.41 bits per heavy atom. The topological polar surface area (TPSA) is 39.2 Å². The molecule has 2 aliphatic heterocycles. The number of piperazine rings is 1. The second-order valence-corrected chi connectivity index (χ2v) is 7.93. The first-order valence-electron chi connectivity index (χ1n) is 10.3. The lowest BCUT2D eigenvalue weighted by atomic mass is 9.95. The van der Waals surface area contributed by atoms with E-state index in [2.05, 4.69) is 22.8 Å². The van der Waals surface area contributed by atoms with Gasteiger partial charge in [0.2, 0.25) is 11.9 Å². The lowest BCUT2D eigenvalue weighted by Crippen LogP contribution is -2.54. The number of halogens is 1. The van der Waals surface area contributed by atoms with Gasteiger partial charge in [0.25, 0.3) is 0 Å². The van der Waals surface area contributed by atoms with Crippen LogP contribution in [0.5, 0.6) is 0 Å². The molecule has 2 heterocycles. The van der Waals surface area contributed by atoms with Crippen LogP contribution in [-0.2, 0) is 4.79 Å². The SMILES string of the molecule is CCC(C(=O)N1CCN=C1N1CCN(c2cccc(Cl)c2)CC1)c1ccccc1. The summed E-state index contributed by atoms with van der Waals surface area (Å²) in [6.07, 6.45) is 0.787. The number of hydrogen-bond donors (Lipinski definition) is 0. The van der Waals surface area contributed by atoms with Crippen molar-refractivity contribution in [2.75, 3.05) is 44.2 Å². The molecule has 2 aliphatic rings. The Labute approximate surface area is 177 Å². The van der Waals surface area contributed by atoms with Crippen LogP contribution in [0.3, 0.4) is 0 Å². The quantitative estimate of drug-likeness (QED) is 0.768. The van der Waals surface area contributed by atoms with Gasteiger partial charge >= 0.3 is 0 Å². The summed E-state index contributed by atoms with van der Waals surface area (Å²) < 4.78 is 0. The van der Waals surface area contributed by atoms with E-state index in [1.807, 2.05) is 53.4 Å². The maximum Gasteiger partial charge on any atom is 0.236 e. The molecule has 29 heavy (non-hydrogen) atoms. The number of hydrogen-bond acceptors (Lipinski definition) is 4. The molecule has 1 unspecified atom stereocenters. The van der Waals surface area contributed by atoms with Crippen molar-refractivity contribution in [1.29, 1.82) is 0 Å². The molecule has 4 rings (SSSR count). The zero-order valence-electron chi connectivity index (χ0n) is 16.8. The molecular formula is C23H27ClN4O. The van der Waals surface area contributed by atoms with Crippen molar-refractivity contribution < 1.29 is 4.79 Å². The Morgan fingerprint density at radius 2 is 1.72 bits per heavy atom. The van der Waals surface area contributed by atoms with Crippen molar-refractivity contribution in [2.45, 2.75) is 19.3 Å². The molecule has 0 saturated carbocycles. The van der Waals surface area contributed by atoms with Crippen LogP contribution in [-0.4, -0.2) is 60.9 Å². The van der Waals surface area contributed by atoms with E-state index in [0.29, 0.717) is 13.1 Å². The van der Waals surface area contributed by atoms with Gasteiger partial charge in [-0.15, -0.1) is 0 Å². The molecule has 0 bridgehead atoms. The first kappa shape index (κ1) is 19.8. The number of rotatable bonds is 4. The van der Waals surface area contributed by atoms with Crippen LogP contribution >= 0.6 is 11.6 Å². The molecule has 0 N–H and O–H groups in total. The Morgan fingerprint density at radius 1 is 1.00 bits per heavy atom. The molecule has 2 aromatic carbocycles. The molecule has 0 radical (unpaired) electrons. The first-order valence-corrected chi connectivity index (χ1v) is 10.7. The molecule has 2 aromatic rings. The molecule has 1 amide bonds. The molecule has 1 saturated heterocycles. The Bertz CT molecular complexity index is 877. The molecule has 5 nitrogen and oxygen atoms in total. The number of carbonyl (C=O) groups is 1. The summed E-state index contributed by atoms with van der Waals surface area (Å²) >= 11 is 6.14. The number of anilines is 1. The van der Waals surface area contributed by atoms with Crippen molar-refractivity contribution in [3.8, 4) is 0 Å². The fraction of sp³-hybridized carbons (Fsp3) is 0.391. The molecule has 0 aliphatic carbocycles. The van der Waals surface area contributed by atoms with Crippen molar-refractivity contribution in [2.24, 2.45) is 4.99 Å². The number of aliphatic imine (C=N–C) groups is 1. The third kappa shape index (κ3) is 4.25. The highest BCUT2D eigenvalue weighted by Crippen LogP contribution is 2.25. The highest BCUT2D eigenvalue weighted by atomic mass is 35.5. The maximum absolute atomic E-state index is 13.3. The first-order chi connectivity index (χ1) is 14.2. The highest BCUT2D eigenvalue weighted by molar-refractivity contribution is 6.30. The third-order valence-electron chi connectivity index (χ3n) is 5.73. The van der Waals surface area contributed by atoms with E-state index in [1.54, 1.807) is 0 Å². The summed E-state index contributed by atoms with van der Waals surface area (Å²) in [4.78, 5) is 24.5. The summed E-state index contributed by atoms with van der Waals surface area (Å²) in [6.45, 7) is 6.89. The van der Waals surface area contributed by atoms with E-state index in [1.165, 1.54) is 0 Å².